The van der Waals surface area contributed by atoms with Crippen molar-refractivity contribution in [3.63, 3.8) is 0 Å². The van der Waals surface area contributed by atoms with Crippen LogP contribution < -0.4 is 0 Å². The minimum atomic E-state index is -3.03. The third-order valence-electron chi connectivity index (χ3n) is 1.90. The van der Waals surface area contributed by atoms with Gasteiger partial charge in [-0.1, -0.05) is 0 Å². The van der Waals surface area contributed by atoms with Crippen LogP contribution in [0.4, 0.5) is 0 Å². The van der Waals surface area contributed by atoms with E-state index in [4.69, 9.17) is 25.6 Å². The van der Waals surface area contributed by atoms with Crippen molar-refractivity contribution in [3.8, 4) is 0 Å². The Hall–Kier alpha value is -0.730. The molecule has 0 bridgehead atoms. The van der Waals surface area contributed by atoms with E-state index in [0.717, 1.165) is 0 Å². The molecule has 1 fully saturated rings. The van der Waals surface area contributed by atoms with E-state index < -0.39 is 23.9 Å². The van der Waals surface area contributed by atoms with Crippen LogP contribution in [0.3, 0.4) is 0 Å². The van der Waals surface area contributed by atoms with Gasteiger partial charge in [-0.25, -0.2) is 4.79 Å². The summed E-state index contributed by atoms with van der Waals surface area (Å²) in [4.78, 5) is 10.4. The van der Waals surface area contributed by atoms with Crippen LogP contribution in [-0.2, 0) is 4.79 Å². The van der Waals surface area contributed by atoms with Gasteiger partial charge in [-0.3, -0.25) is 0 Å². The highest BCUT2D eigenvalue weighted by Crippen LogP contribution is 2.33. The highest BCUT2D eigenvalue weighted by molar-refractivity contribution is 5.78. The lowest BCUT2D eigenvalue weighted by molar-refractivity contribution is -0.333. The van der Waals surface area contributed by atoms with Crippen molar-refractivity contribution < 1.29 is 30.4 Å². The molecular formula is C5H9NO6. The molecule has 0 aromatic rings. The van der Waals surface area contributed by atoms with E-state index in [-0.39, 0.29) is 11.6 Å². The smallest absolute Gasteiger partial charge is 0.359 e. The summed E-state index contributed by atoms with van der Waals surface area (Å²) < 4.78 is 0. The van der Waals surface area contributed by atoms with Gasteiger partial charge in [-0.05, 0) is 0 Å². The molecule has 0 unspecified atom stereocenters. The molecule has 0 aromatic carbocycles. The van der Waals surface area contributed by atoms with Gasteiger partial charge in [0, 0.05) is 13.0 Å². The first-order valence-corrected chi connectivity index (χ1v) is 3.19. The third kappa shape index (κ3) is 0.919. The quantitative estimate of drug-likeness (QED) is 0.283. The van der Waals surface area contributed by atoms with Crippen LogP contribution >= 0.6 is 0 Å². The van der Waals surface area contributed by atoms with E-state index >= 15 is 0 Å². The molecule has 12 heavy (non-hydrogen) atoms. The maximum atomic E-state index is 10.4. The number of rotatable bonds is 1. The van der Waals surface area contributed by atoms with Crippen molar-refractivity contribution in [2.45, 2.75) is 17.9 Å². The number of hydroxylamine groups is 2. The van der Waals surface area contributed by atoms with Gasteiger partial charge >= 0.3 is 5.97 Å². The Kier molecular flexibility index (Phi) is 1.85. The summed E-state index contributed by atoms with van der Waals surface area (Å²) in [6.07, 6.45) is -0.438. The topological polar surface area (TPSA) is 121 Å². The Labute approximate surface area is 67.0 Å². The van der Waals surface area contributed by atoms with Crippen molar-refractivity contribution >= 4 is 5.97 Å². The first-order valence-electron chi connectivity index (χ1n) is 3.19. The van der Waals surface area contributed by atoms with Gasteiger partial charge in [0.1, 0.15) is 0 Å². The summed E-state index contributed by atoms with van der Waals surface area (Å²) in [5.74, 6) is -4.74. The SMILES string of the molecule is O=C(O)[C@@]1(O)N(O)CCC1(O)O. The molecule has 0 radical (unpaired) electrons. The van der Waals surface area contributed by atoms with Crippen LogP contribution in [0.2, 0.25) is 0 Å². The normalized spacial score (nSPS) is 35.3. The fraction of sp³-hybridized carbons (Fsp3) is 0.800. The van der Waals surface area contributed by atoms with Crippen molar-refractivity contribution in [1.29, 1.82) is 0 Å². The molecule has 1 rings (SSSR count). The maximum Gasteiger partial charge on any atom is 0.359 e. The molecule has 1 aliphatic rings. The highest BCUT2D eigenvalue weighted by atomic mass is 16.6. The Morgan fingerprint density at radius 3 is 2.00 bits per heavy atom. The summed E-state index contributed by atoms with van der Waals surface area (Å²) in [7, 11) is 0. The lowest BCUT2D eigenvalue weighted by Crippen LogP contribution is -2.62. The molecule has 0 spiro atoms. The van der Waals surface area contributed by atoms with E-state index in [9.17, 15) is 4.79 Å². The van der Waals surface area contributed by atoms with Gasteiger partial charge in [-0.15, -0.1) is 5.06 Å². The second kappa shape index (κ2) is 2.38. The van der Waals surface area contributed by atoms with Crippen molar-refractivity contribution in [2.75, 3.05) is 6.54 Å². The van der Waals surface area contributed by atoms with Crippen LogP contribution in [0, 0.1) is 0 Å². The van der Waals surface area contributed by atoms with Gasteiger partial charge in [0.05, 0.1) is 0 Å². The third-order valence-corrected chi connectivity index (χ3v) is 1.90. The van der Waals surface area contributed by atoms with Crippen molar-refractivity contribution in [1.82, 2.24) is 5.06 Å². The summed E-state index contributed by atoms with van der Waals surface area (Å²) in [6.45, 7) is -0.324. The molecular weight excluding hydrogens is 170 g/mol. The first kappa shape index (κ1) is 9.36. The number of hydrogen-bond acceptors (Lipinski definition) is 6. The predicted molar refractivity (Wildman–Crippen MR) is 32.9 cm³/mol. The minimum Gasteiger partial charge on any atom is -0.478 e. The summed E-state index contributed by atoms with van der Waals surface area (Å²) in [5.41, 5.74) is -3.03. The highest BCUT2D eigenvalue weighted by Gasteiger charge is 2.63. The average Bonchev–Trinajstić information content (AvgIpc) is 2.15. The second-order valence-corrected chi connectivity index (χ2v) is 2.67. The van der Waals surface area contributed by atoms with Crippen LogP contribution in [0.1, 0.15) is 6.42 Å². The van der Waals surface area contributed by atoms with Crippen molar-refractivity contribution in [2.24, 2.45) is 0 Å². The van der Waals surface area contributed by atoms with E-state index in [2.05, 4.69) is 0 Å². The largest absolute Gasteiger partial charge is 0.478 e. The molecule has 7 heteroatoms. The first-order chi connectivity index (χ1) is 5.32. The van der Waals surface area contributed by atoms with Crippen LogP contribution in [0.15, 0.2) is 0 Å². The molecule has 0 aliphatic carbocycles. The van der Waals surface area contributed by atoms with Crippen molar-refractivity contribution in [3.05, 3.63) is 0 Å². The Balaban J connectivity index is 3.06. The maximum absolute atomic E-state index is 10.4. The molecule has 0 amide bonds. The minimum absolute atomic E-state index is 0.0185. The summed E-state index contributed by atoms with van der Waals surface area (Å²) in [6, 6.07) is 0. The van der Waals surface area contributed by atoms with E-state index in [1.54, 1.807) is 0 Å². The number of aliphatic hydroxyl groups is 3. The Morgan fingerprint density at radius 1 is 1.33 bits per heavy atom. The zero-order valence-electron chi connectivity index (χ0n) is 6.01. The number of hydrogen-bond donors (Lipinski definition) is 5. The van der Waals surface area contributed by atoms with E-state index in [1.807, 2.05) is 0 Å². The average molecular weight is 179 g/mol. The van der Waals surface area contributed by atoms with E-state index in [1.165, 1.54) is 0 Å². The van der Waals surface area contributed by atoms with Crippen LogP contribution in [0.5, 0.6) is 0 Å². The standard InChI is InChI=1S/C5H9NO6/c7-3(8)5(11)4(9,10)1-2-6(5)12/h9-12H,1-2H2,(H,7,8)/t5-/m0/s1. The number of nitrogens with zero attached hydrogens (tertiary/aromatic N) is 1. The molecule has 1 aliphatic heterocycles. The van der Waals surface area contributed by atoms with Gasteiger partial charge in [0.15, 0.2) is 0 Å². The fourth-order valence-corrected chi connectivity index (χ4v) is 1.09. The molecule has 5 N–H and O–H groups in total. The predicted octanol–water partition coefficient (Wildman–Crippen LogP) is -2.46. The molecule has 0 aromatic heterocycles. The second-order valence-electron chi connectivity index (χ2n) is 2.67. The molecule has 70 valence electrons. The number of carbonyl (C=O) groups is 1. The molecule has 1 saturated heterocycles. The Bertz CT molecular complexity index is 216. The summed E-state index contributed by atoms with van der Waals surface area (Å²) >= 11 is 0. The lowest BCUT2D eigenvalue weighted by atomic mass is 10.1. The lowest BCUT2D eigenvalue weighted by Gasteiger charge is -2.31. The monoisotopic (exact) mass is 179 g/mol. The Morgan fingerprint density at radius 2 is 1.83 bits per heavy atom. The number of carboxylic acids is 1. The van der Waals surface area contributed by atoms with Crippen LogP contribution in [0.25, 0.3) is 0 Å². The molecule has 1 atom stereocenters. The zero-order valence-corrected chi connectivity index (χ0v) is 6.01. The number of carboxylic acid groups (broad SMARTS) is 1. The summed E-state index contributed by atoms with van der Waals surface area (Å²) in [5, 5.41) is 44.3. The van der Waals surface area contributed by atoms with Gasteiger partial charge in [-0.2, -0.15) is 0 Å². The van der Waals surface area contributed by atoms with E-state index in [0.29, 0.717) is 0 Å². The molecule has 0 saturated carbocycles. The van der Waals surface area contributed by atoms with Crippen LogP contribution in [-0.4, -0.2) is 54.7 Å². The number of aliphatic carboxylic acids is 1. The molecule has 7 nitrogen and oxygen atoms in total. The van der Waals surface area contributed by atoms with Gasteiger partial charge < -0.3 is 25.6 Å². The fourth-order valence-electron chi connectivity index (χ4n) is 1.09. The van der Waals surface area contributed by atoms with Gasteiger partial charge in [0.25, 0.3) is 5.72 Å². The molecule has 1 heterocycles. The van der Waals surface area contributed by atoms with Gasteiger partial charge in [0.2, 0.25) is 5.79 Å². The zero-order chi connectivity index (χ0) is 9.57.